The molecule has 1 atom stereocenters. The lowest BCUT2D eigenvalue weighted by molar-refractivity contribution is 0.0248. The molecule has 8 heteroatoms. The van der Waals surface area contributed by atoms with Crippen LogP contribution in [0, 0.1) is 11.3 Å². The van der Waals surface area contributed by atoms with Crippen LogP contribution in [-0.4, -0.2) is 41.3 Å². The van der Waals surface area contributed by atoms with E-state index in [1.807, 2.05) is 42.6 Å². The van der Waals surface area contributed by atoms with Crippen LogP contribution in [-0.2, 0) is 4.74 Å². The number of nitrogens with zero attached hydrogens (tertiary/aromatic N) is 4. The fourth-order valence-electron chi connectivity index (χ4n) is 3.44. The van der Waals surface area contributed by atoms with E-state index in [-0.39, 0.29) is 11.8 Å². The number of methoxy groups -OCH3 is 1. The summed E-state index contributed by atoms with van der Waals surface area (Å²) >= 11 is 0. The predicted molar refractivity (Wildman–Crippen MR) is 118 cm³/mol. The van der Waals surface area contributed by atoms with Gasteiger partial charge < -0.3 is 20.1 Å². The van der Waals surface area contributed by atoms with Crippen LogP contribution in [0.3, 0.4) is 0 Å². The highest BCUT2D eigenvalue weighted by molar-refractivity contribution is 5.80. The molecule has 0 bridgehead atoms. The summed E-state index contributed by atoms with van der Waals surface area (Å²) in [6.07, 6.45) is 8.34. The summed E-state index contributed by atoms with van der Waals surface area (Å²) in [5.41, 5.74) is 3.22. The standard InChI is InChI=1S/C23H24N6O2/c1-30-18-7-5-16(6-8-18)20-14-28-22(29-23-15-25-17(11-24)12-27-23)10-21(20)26-13-19-4-2-3-9-31-19/h5-8,10,12,14-15,19H,2-4,9,13H2,1H3,(H2,26,27,28,29)/t19-/m1/s1. The van der Waals surface area contributed by atoms with Gasteiger partial charge in [0.15, 0.2) is 5.69 Å². The second-order valence-corrected chi connectivity index (χ2v) is 7.24. The van der Waals surface area contributed by atoms with Crippen molar-refractivity contribution in [3.8, 4) is 22.9 Å². The quantitative estimate of drug-likeness (QED) is 0.592. The number of benzene rings is 1. The molecule has 0 unspecified atom stereocenters. The number of hydrogen-bond acceptors (Lipinski definition) is 8. The van der Waals surface area contributed by atoms with E-state index in [4.69, 9.17) is 14.7 Å². The lowest BCUT2D eigenvalue weighted by Crippen LogP contribution is -2.27. The van der Waals surface area contributed by atoms with E-state index in [1.165, 1.54) is 18.8 Å². The summed E-state index contributed by atoms with van der Waals surface area (Å²) in [5, 5.41) is 15.6. The van der Waals surface area contributed by atoms with Crippen molar-refractivity contribution < 1.29 is 9.47 Å². The zero-order valence-electron chi connectivity index (χ0n) is 17.3. The third-order valence-electron chi connectivity index (χ3n) is 5.12. The molecule has 1 aliphatic rings. The van der Waals surface area contributed by atoms with Gasteiger partial charge in [-0.3, -0.25) is 0 Å². The molecular weight excluding hydrogens is 392 g/mol. The van der Waals surface area contributed by atoms with Gasteiger partial charge in [-0.1, -0.05) is 12.1 Å². The summed E-state index contributed by atoms with van der Waals surface area (Å²) < 4.78 is 11.1. The van der Waals surface area contributed by atoms with Crippen molar-refractivity contribution in [3.05, 3.63) is 54.6 Å². The van der Waals surface area contributed by atoms with Crippen LogP contribution in [0.25, 0.3) is 11.1 Å². The molecule has 2 N–H and O–H groups in total. The molecule has 2 aromatic heterocycles. The van der Waals surface area contributed by atoms with E-state index >= 15 is 0 Å². The van der Waals surface area contributed by atoms with Gasteiger partial charge in [-0.15, -0.1) is 0 Å². The Morgan fingerprint density at radius 3 is 2.61 bits per heavy atom. The fourth-order valence-corrected chi connectivity index (χ4v) is 3.44. The van der Waals surface area contributed by atoms with E-state index in [9.17, 15) is 0 Å². The van der Waals surface area contributed by atoms with Gasteiger partial charge in [0, 0.05) is 36.7 Å². The van der Waals surface area contributed by atoms with Gasteiger partial charge in [0.05, 0.1) is 25.6 Å². The maximum absolute atomic E-state index is 8.88. The minimum Gasteiger partial charge on any atom is -0.497 e. The first-order valence-electron chi connectivity index (χ1n) is 10.2. The largest absolute Gasteiger partial charge is 0.497 e. The Labute approximate surface area is 181 Å². The van der Waals surface area contributed by atoms with Crippen LogP contribution in [0.1, 0.15) is 25.0 Å². The third kappa shape index (κ3) is 5.27. The molecule has 3 heterocycles. The van der Waals surface area contributed by atoms with Crippen LogP contribution in [0.15, 0.2) is 48.9 Å². The first-order valence-corrected chi connectivity index (χ1v) is 10.2. The number of ether oxygens (including phenoxy) is 2. The lowest BCUT2D eigenvalue weighted by atomic mass is 10.0. The van der Waals surface area contributed by atoms with Crippen molar-refractivity contribution in [3.63, 3.8) is 0 Å². The van der Waals surface area contributed by atoms with Crippen molar-refractivity contribution in [2.45, 2.75) is 25.4 Å². The first kappa shape index (κ1) is 20.6. The molecule has 31 heavy (non-hydrogen) atoms. The Hall–Kier alpha value is -3.70. The normalized spacial score (nSPS) is 15.7. The smallest absolute Gasteiger partial charge is 0.158 e. The molecule has 8 nitrogen and oxygen atoms in total. The molecule has 158 valence electrons. The van der Waals surface area contributed by atoms with Crippen LogP contribution in [0.5, 0.6) is 5.75 Å². The maximum Gasteiger partial charge on any atom is 0.158 e. The molecule has 4 rings (SSSR count). The van der Waals surface area contributed by atoms with Gasteiger partial charge in [0.1, 0.15) is 23.5 Å². The van der Waals surface area contributed by atoms with Gasteiger partial charge in [0.2, 0.25) is 0 Å². The number of nitriles is 1. The highest BCUT2D eigenvalue weighted by atomic mass is 16.5. The topological polar surface area (TPSA) is 105 Å². The van der Waals surface area contributed by atoms with Crippen LogP contribution in [0.4, 0.5) is 17.3 Å². The van der Waals surface area contributed by atoms with Gasteiger partial charge >= 0.3 is 0 Å². The number of hydrogen-bond donors (Lipinski definition) is 2. The summed E-state index contributed by atoms with van der Waals surface area (Å²) in [4.78, 5) is 12.8. The highest BCUT2D eigenvalue weighted by Crippen LogP contribution is 2.31. The molecular formula is C23H24N6O2. The van der Waals surface area contributed by atoms with Crippen molar-refractivity contribution in [2.75, 3.05) is 30.9 Å². The maximum atomic E-state index is 8.88. The second kappa shape index (κ2) is 9.87. The summed E-state index contributed by atoms with van der Waals surface area (Å²) in [6.45, 7) is 1.54. The number of nitrogens with one attached hydrogen (secondary N) is 2. The molecule has 0 amide bonds. The van der Waals surface area contributed by atoms with Gasteiger partial charge in [-0.2, -0.15) is 5.26 Å². The molecule has 0 aliphatic carbocycles. The number of aromatic nitrogens is 3. The number of pyridine rings is 1. The molecule has 1 fully saturated rings. The monoisotopic (exact) mass is 416 g/mol. The van der Waals surface area contributed by atoms with Crippen molar-refractivity contribution in [2.24, 2.45) is 0 Å². The Morgan fingerprint density at radius 2 is 1.94 bits per heavy atom. The van der Waals surface area contributed by atoms with Gasteiger partial charge in [0.25, 0.3) is 0 Å². The van der Waals surface area contributed by atoms with E-state index in [2.05, 4.69) is 25.6 Å². The molecule has 0 saturated carbocycles. The molecule has 1 aromatic carbocycles. The summed E-state index contributed by atoms with van der Waals surface area (Å²) in [7, 11) is 1.65. The fraction of sp³-hybridized carbons (Fsp3) is 0.304. The average molecular weight is 416 g/mol. The van der Waals surface area contributed by atoms with Gasteiger partial charge in [-0.25, -0.2) is 15.0 Å². The average Bonchev–Trinajstić information content (AvgIpc) is 2.84. The summed E-state index contributed by atoms with van der Waals surface area (Å²) in [5.74, 6) is 1.95. The zero-order valence-corrected chi connectivity index (χ0v) is 17.3. The Morgan fingerprint density at radius 1 is 1.10 bits per heavy atom. The van der Waals surface area contributed by atoms with Crippen molar-refractivity contribution in [1.29, 1.82) is 5.26 Å². The molecule has 1 aliphatic heterocycles. The molecule has 1 saturated heterocycles. The third-order valence-corrected chi connectivity index (χ3v) is 5.12. The van der Waals surface area contributed by atoms with Crippen LogP contribution >= 0.6 is 0 Å². The molecule has 0 spiro atoms. The van der Waals surface area contributed by atoms with E-state index in [0.717, 1.165) is 48.6 Å². The van der Waals surface area contributed by atoms with E-state index in [1.54, 1.807) is 7.11 Å². The molecule has 3 aromatic rings. The lowest BCUT2D eigenvalue weighted by Gasteiger charge is -2.24. The molecule has 0 radical (unpaired) electrons. The Balaban J connectivity index is 1.58. The predicted octanol–water partition coefficient (Wildman–Crippen LogP) is 4.14. The van der Waals surface area contributed by atoms with Crippen molar-refractivity contribution in [1.82, 2.24) is 15.0 Å². The van der Waals surface area contributed by atoms with E-state index < -0.39 is 0 Å². The Kier molecular flexibility index (Phi) is 6.55. The van der Waals surface area contributed by atoms with Crippen LogP contribution in [0.2, 0.25) is 0 Å². The van der Waals surface area contributed by atoms with Gasteiger partial charge in [-0.05, 0) is 37.0 Å². The van der Waals surface area contributed by atoms with Crippen LogP contribution < -0.4 is 15.4 Å². The second-order valence-electron chi connectivity index (χ2n) is 7.24. The number of anilines is 3. The zero-order chi connectivity index (χ0) is 21.5. The summed E-state index contributed by atoms with van der Waals surface area (Å²) in [6, 6.07) is 11.8. The Bertz CT molecular complexity index is 1040. The highest BCUT2D eigenvalue weighted by Gasteiger charge is 2.15. The minimum absolute atomic E-state index is 0.200. The van der Waals surface area contributed by atoms with Crippen molar-refractivity contribution >= 4 is 17.3 Å². The first-order chi connectivity index (χ1) is 15.2. The number of rotatable bonds is 7. The minimum atomic E-state index is 0.200. The van der Waals surface area contributed by atoms with E-state index in [0.29, 0.717) is 11.6 Å². The SMILES string of the molecule is COc1ccc(-c2cnc(Nc3cnc(C#N)cn3)cc2NC[C@H]2CCCCO2)cc1.